The second kappa shape index (κ2) is 8.60. The van der Waals surface area contributed by atoms with E-state index in [1.807, 2.05) is 0 Å². The summed E-state index contributed by atoms with van der Waals surface area (Å²) in [6.07, 6.45) is 3.14. The summed E-state index contributed by atoms with van der Waals surface area (Å²) in [6, 6.07) is 26.7. The molecule has 0 spiro atoms. The average Bonchev–Trinajstić information content (AvgIpc) is 3.53. The minimum absolute atomic E-state index is 0.00620. The quantitative estimate of drug-likeness (QED) is 0.226. The Balaban J connectivity index is 1.81. The molecule has 0 unspecified atom stereocenters. The molecule has 36 heavy (non-hydrogen) atoms. The van der Waals surface area contributed by atoms with Crippen LogP contribution in [0.3, 0.4) is 0 Å². The fourth-order valence-corrected chi connectivity index (χ4v) is 6.40. The van der Waals surface area contributed by atoms with Crippen molar-refractivity contribution in [2.24, 2.45) is 5.92 Å². The molecule has 0 aliphatic carbocycles. The molecule has 0 aliphatic rings. The van der Waals surface area contributed by atoms with E-state index < -0.39 is 0 Å². The van der Waals surface area contributed by atoms with Crippen LogP contribution in [0.4, 0.5) is 0 Å². The summed E-state index contributed by atoms with van der Waals surface area (Å²) < 4.78 is 2.42. The van der Waals surface area contributed by atoms with Crippen LogP contribution in [-0.2, 0) is 11.8 Å². The van der Waals surface area contributed by atoms with Crippen LogP contribution >= 0.6 is 11.3 Å². The van der Waals surface area contributed by atoms with E-state index in [2.05, 4.69) is 123 Å². The van der Waals surface area contributed by atoms with Crippen molar-refractivity contribution >= 4 is 38.7 Å². The predicted molar refractivity (Wildman–Crippen MR) is 156 cm³/mol. The summed E-state index contributed by atoms with van der Waals surface area (Å²) in [5.74, 6) is 0.562. The Hall–Kier alpha value is -3.43. The van der Waals surface area contributed by atoms with Crippen LogP contribution in [0.5, 0.6) is 0 Å². The normalized spacial score (nSPS) is 12.4. The molecule has 6 rings (SSSR count). The van der Waals surface area contributed by atoms with E-state index in [0.29, 0.717) is 5.92 Å². The Bertz CT molecular complexity index is 1710. The number of hydrogen-bond donors (Lipinski definition) is 0. The van der Waals surface area contributed by atoms with E-state index in [9.17, 15) is 0 Å². The SMILES string of the molecule is CC(C)Cc1cccc(-c2cccs2)c1-c1cnc2c3c(C(C)(C)C)cccc3c3ccccc3n12. The lowest BCUT2D eigenvalue weighted by atomic mass is 9.83. The zero-order valence-corrected chi connectivity index (χ0v) is 22.5. The maximum Gasteiger partial charge on any atom is 0.145 e. The van der Waals surface area contributed by atoms with Gasteiger partial charge in [0, 0.05) is 26.8 Å². The molecule has 0 atom stereocenters. The second-order valence-corrected chi connectivity index (χ2v) is 12.2. The number of imidazole rings is 1. The summed E-state index contributed by atoms with van der Waals surface area (Å²) in [5.41, 5.74) is 8.74. The molecule has 6 aromatic rings. The zero-order valence-electron chi connectivity index (χ0n) is 21.7. The Labute approximate surface area is 217 Å². The van der Waals surface area contributed by atoms with Crippen molar-refractivity contribution in [2.45, 2.75) is 46.5 Å². The lowest BCUT2D eigenvalue weighted by Gasteiger charge is -2.23. The van der Waals surface area contributed by atoms with Gasteiger partial charge in [-0.3, -0.25) is 4.40 Å². The zero-order chi connectivity index (χ0) is 25.0. The van der Waals surface area contributed by atoms with Gasteiger partial charge in [-0.25, -0.2) is 4.98 Å². The van der Waals surface area contributed by atoms with Gasteiger partial charge in [-0.1, -0.05) is 95.3 Å². The topological polar surface area (TPSA) is 17.3 Å². The van der Waals surface area contributed by atoms with Crippen molar-refractivity contribution in [3.05, 3.63) is 95.5 Å². The number of benzene rings is 3. The number of thiophene rings is 1. The molecule has 3 aromatic carbocycles. The molecule has 0 N–H and O–H groups in total. The van der Waals surface area contributed by atoms with Crippen LogP contribution < -0.4 is 0 Å². The highest BCUT2D eigenvalue weighted by molar-refractivity contribution is 7.13. The van der Waals surface area contributed by atoms with Gasteiger partial charge in [-0.15, -0.1) is 11.3 Å². The number of rotatable bonds is 4. The summed E-state index contributed by atoms with van der Waals surface area (Å²) in [7, 11) is 0. The summed E-state index contributed by atoms with van der Waals surface area (Å²) in [6.45, 7) is 11.5. The van der Waals surface area contributed by atoms with E-state index in [0.717, 1.165) is 12.1 Å². The Morgan fingerprint density at radius 1 is 0.861 bits per heavy atom. The molecule has 3 heteroatoms. The van der Waals surface area contributed by atoms with Gasteiger partial charge in [0.05, 0.1) is 17.4 Å². The summed E-state index contributed by atoms with van der Waals surface area (Å²) in [5, 5.41) is 5.97. The molecule has 0 radical (unpaired) electrons. The molecule has 180 valence electrons. The first-order chi connectivity index (χ1) is 17.3. The van der Waals surface area contributed by atoms with Crippen LogP contribution in [0.25, 0.3) is 49.0 Å². The van der Waals surface area contributed by atoms with Crippen LogP contribution in [0.15, 0.2) is 84.4 Å². The number of pyridine rings is 1. The van der Waals surface area contributed by atoms with Crippen LogP contribution in [-0.4, -0.2) is 9.38 Å². The fraction of sp³-hybridized carbons (Fsp3) is 0.242. The number of fused-ring (bicyclic) bond motifs is 6. The van der Waals surface area contributed by atoms with Gasteiger partial charge in [-0.05, 0) is 51.8 Å². The Morgan fingerprint density at radius 3 is 2.39 bits per heavy atom. The number of nitrogens with zero attached hydrogens (tertiary/aromatic N) is 2. The van der Waals surface area contributed by atoms with Gasteiger partial charge in [0.15, 0.2) is 0 Å². The smallest absolute Gasteiger partial charge is 0.145 e. The Morgan fingerprint density at radius 2 is 1.64 bits per heavy atom. The molecule has 0 amide bonds. The van der Waals surface area contributed by atoms with E-state index >= 15 is 0 Å². The average molecular weight is 489 g/mol. The highest BCUT2D eigenvalue weighted by atomic mass is 32.1. The van der Waals surface area contributed by atoms with Crippen LogP contribution in [0.2, 0.25) is 0 Å². The van der Waals surface area contributed by atoms with Crippen LogP contribution in [0, 0.1) is 5.92 Å². The molecule has 0 saturated carbocycles. The first-order valence-electron chi connectivity index (χ1n) is 12.8. The highest BCUT2D eigenvalue weighted by Crippen LogP contribution is 2.42. The molecule has 0 aliphatic heterocycles. The van der Waals surface area contributed by atoms with Gasteiger partial charge in [0.25, 0.3) is 0 Å². The lowest BCUT2D eigenvalue weighted by molar-refractivity contribution is 0.596. The second-order valence-electron chi connectivity index (χ2n) is 11.2. The minimum Gasteiger partial charge on any atom is -0.292 e. The summed E-state index contributed by atoms with van der Waals surface area (Å²) >= 11 is 1.80. The van der Waals surface area contributed by atoms with Crippen molar-refractivity contribution in [3.8, 4) is 21.7 Å². The Kier molecular flexibility index (Phi) is 5.49. The fourth-order valence-electron chi connectivity index (χ4n) is 5.64. The van der Waals surface area contributed by atoms with Crippen molar-refractivity contribution in [1.82, 2.24) is 9.38 Å². The lowest BCUT2D eigenvalue weighted by Crippen LogP contribution is -2.12. The standard InChI is InChI=1S/C33H32N2S/c1-21(2)19-22-11-8-14-25(29-17-10-18-36-29)30(22)28-20-34-32-31-24(13-9-15-26(31)33(3,4)5)23-12-6-7-16-27(23)35(28)32/h6-18,20-21H,19H2,1-5H3. The maximum atomic E-state index is 5.16. The van der Waals surface area contributed by atoms with Gasteiger partial charge in [-0.2, -0.15) is 0 Å². The summed E-state index contributed by atoms with van der Waals surface area (Å²) in [4.78, 5) is 6.45. The number of para-hydroxylation sites is 1. The molecule has 2 nitrogen and oxygen atoms in total. The largest absolute Gasteiger partial charge is 0.292 e. The molecule has 0 saturated heterocycles. The highest BCUT2D eigenvalue weighted by Gasteiger charge is 2.24. The third-order valence-corrected chi connectivity index (χ3v) is 8.02. The van der Waals surface area contributed by atoms with E-state index in [1.165, 1.54) is 54.5 Å². The van der Waals surface area contributed by atoms with E-state index in [4.69, 9.17) is 4.98 Å². The number of aromatic nitrogens is 2. The third-order valence-electron chi connectivity index (χ3n) is 7.11. The van der Waals surface area contributed by atoms with Crippen molar-refractivity contribution in [2.75, 3.05) is 0 Å². The van der Waals surface area contributed by atoms with Crippen LogP contribution in [0.1, 0.15) is 45.7 Å². The minimum atomic E-state index is 0.00620. The predicted octanol–water partition coefficient (Wildman–Crippen LogP) is 9.53. The molecule has 3 aromatic heterocycles. The van der Waals surface area contributed by atoms with Gasteiger partial charge < -0.3 is 0 Å². The molecule has 0 fully saturated rings. The first kappa shape index (κ1) is 23.0. The molecular formula is C33H32N2S. The van der Waals surface area contributed by atoms with E-state index in [1.54, 1.807) is 11.3 Å². The van der Waals surface area contributed by atoms with Gasteiger partial charge in [0.2, 0.25) is 0 Å². The van der Waals surface area contributed by atoms with E-state index in [-0.39, 0.29) is 5.41 Å². The monoisotopic (exact) mass is 488 g/mol. The van der Waals surface area contributed by atoms with Gasteiger partial charge in [0.1, 0.15) is 5.65 Å². The van der Waals surface area contributed by atoms with Crippen molar-refractivity contribution in [1.29, 1.82) is 0 Å². The van der Waals surface area contributed by atoms with Gasteiger partial charge >= 0.3 is 0 Å². The van der Waals surface area contributed by atoms with Crippen molar-refractivity contribution < 1.29 is 0 Å². The van der Waals surface area contributed by atoms with Crippen molar-refractivity contribution in [3.63, 3.8) is 0 Å². The molecular weight excluding hydrogens is 456 g/mol. The number of hydrogen-bond acceptors (Lipinski definition) is 2. The third kappa shape index (κ3) is 3.65. The first-order valence-corrected chi connectivity index (χ1v) is 13.7. The maximum absolute atomic E-state index is 5.16. The molecule has 3 heterocycles. The molecule has 0 bridgehead atoms.